The standard InChI is InChI=1S/C19H18O7/c1-22-13-6-5-10(7-11(13)20)14-8-12(21)17-15(26-14)9-16(23-2)18(24-3)19(17)25-4/h5-9,20H,1-4H3/i1D3. The average Bonchev–Trinajstić information content (AvgIpc) is 2.66. The molecule has 0 unspecified atom stereocenters. The van der Waals surface area contributed by atoms with Gasteiger partial charge in [-0.1, -0.05) is 0 Å². The number of fused-ring (bicyclic) bond motifs is 1. The number of phenolic OH excluding ortho intramolecular Hbond substituents is 1. The summed E-state index contributed by atoms with van der Waals surface area (Å²) in [5.41, 5.74) is 0.124. The topological polar surface area (TPSA) is 87.4 Å². The number of methoxy groups -OCH3 is 4. The predicted molar refractivity (Wildman–Crippen MR) is 95.8 cm³/mol. The summed E-state index contributed by atoms with van der Waals surface area (Å²) in [6.45, 7) is 0. The summed E-state index contributed by atoms with van der Waals surface area (Å²) in [5.74, 6) is 0.253. The van der Waals surface area contributed by atoms with E-state index in [1.54, 1.807) is 0 Å². The maximum absolute atomic E-state index is 12.8. The third-order valence-corrected chi connectivity index (χ3v) is 3.88. The van der Waals surface area contributed by atoms with Gasteiger partial charge in [0.15, 0.2) is 28.4 Å². The van der Waals surface area contributed by atoms with Crippen LogP contribution in [0.15, 0.2) is 39.5 Å². The average molecular weight is 361 g/mol. The van der Waals surface area contributed by atoms with Crippen molar-refractivity contribution in [2.45, 2.75) is 0 Å². The van der Waals surface area contributed by atoms with E-state index in [2.05, 4.69) is 0 Å². The fourth-order valence-electron chi connectivity index (χ4n) is 2.69. The molecule has 0 saturated heterocycles. The van der Waals surface area contributed by atoms with Gasteiger partial charge in [0.1, 0.15) is 16.7 Å². The van der Waals surface area contributed by atoms with Crippen molar-refractivity contribution in [3.8, 4) is 40.1 Å². The van der Waals surface area contributed by atoms with Gasteiger partial charge in [-0.25, -0.2) is 0 Å². The van der Waals surface area contributed by atoms with Gasteiger partial charge in [-0.3, -0.25) is 4.79 Å². The highest BCUT2D eigenvalue weighted by Crippen LogP contribution is 2.43. The van der Waals surface area contributed by atoms with Gasteiger partial charge in [0.05, 0.1) is 32.5 Å². The largest absolute Gasteiger partial charge is 0.504 e. The van der Waals surface area contributed by atoms with E-state index < -0.39 is 18.2 Å². The number of hydrogen-bond donors (Lipinski definition) is 1. The van der Waals surface area contributed by atoms with Gasteiger partial charge in [0.2, 0.25) is 5.75 Å². The highest BCUT2D eigenvalue weighted by molar-refractivity contribution is 5.90. The van der Waals surface area contributed by atoms with E-state index in [0.29, 0.717) is 11.3 Å². The fraction of sp³-hybridized carbons (Fsp3) is 0.211. The zero-order valence-corrected chi connectivity index (χ0v) is 14.3. The molecule has 0 atom stereocenters. The van der Waals surface area contributed by atoms with Gasteiger partial charge >= 0.3 is 0 Å². The van der Waals surface area contributed by atoms with Crippen LogP contribution in [0.1, 0.15) is 4.11 Å². The first-order chi connectivity index (χ1) is 13.7. The molecule has 0 bridgehead atoms. The van der Waals surface area contributed by atoms with E-state index >= 15 is 0 Å². The summed E-state index contributed by atoms with van der Waals surface area (Å²) in [6, 6.07) is 6.70. The minimum Gasteiger partial charge on any atom is -0.504 e. The molecule has 3 rings (SSSR count). The van der Waals surface area contributed by atoms with Gasteiger partial charge < -0.3 is 28.5 Å². The van der Waals surface area contributed by atoms with E-state index in [9.17, 15) is 9.90 Å². The Labute approximate surface area is 153 Å². The van der Waals surface area contributed by atoms with Crippen LogP contribution in [0.4, 0.5) is 0 Å². The Morgan fingerprint density at radius 2 is 1.73 bits per heavy atom. The molecular weight excluding hydrogens is 340 g/mol. The molecule has 0 radical (unpaired) electrons. The predicted octanol–water partition coefficient (Wildman–Crippen LogP) is 3.20. The normalized spacial score (nSPS) is 12.8. The second kappa shape index (κ2) is 6.87. The first kappa shape index (κ1) is 13.9. The Kier molecular flexibility index (Phi) is 3.67. The third-order valence-electron chi connectivity index (χ3n) is 3.88. The molecule has 0 aliphatic rings. The van der Waals surface area contributed by atoms with Gasteiger partial charge in [-0.2, -0.15) is 0 Å². The molecule has 2 aromatic carbocycles. The monoisotopic (exact) mass is 361 g/mol. The summed E-state index contributed by atoms with van der Waals surface area (Å²) in [6.07, 6.45) is 0. The minimum atomic E-state index is -2.71. The molecule has 0 aliphatic heterocycles. The van der Waals surface area contributed by atoms with Crippen LogP contribution >= 0.6 is 0 Å². The smallest absolute Gasteiger partial charge is 0.204 e. The van der Waals surface area contributed by atoms with Gasteiger partial charge in [-0.15, -0.1) is 0 Å². The summed E-state index contributed by atoms with van der Waals surface area (Å²) in [7, 11) is 1.55. The zero-order valence-electron chi connectivity index (χ0n) is 17.3. The summed E-state index contributed by atoms with van der Waals surface area (Å²) < 4.78 is 47.8. The Morgan fingerprint density at radius 1 is 0.962 bits per heavy atom. The van der Waals surface area contributed by atoms with Crippen molar-refractivity contribution in [3.05, 3.63) is 40.6 Å². The summed E-state index contributed by atoms with van der Waals surface area (Å²) >= 11 is 0. The van der Waals surface area contributed by atoms with E-state index in [1.807, 2.05) is 0 Å². The van der Waals surface area contributed by atoms with Crippen molar-refractivity contribution in [1.82, 2.24) is 0 Å². The first-order valence-electron chi connectivity index (χ1n) is 8.97. The second-order valence-electron chi connectivity index (χ2n) is 5.28. The molecule has 0 spiro atoms. The fourth-order valence-corrected chi connectivity index (χ4v) is 2.69. The van der Waals surface area contributed by atoms with Crippen LogP contribution < -0.4 is 24.4 Å². The SMILES string of the molecule is [2H]C([2H])([2H])Oc1ccc(-c2cc(=O)c3c(OC)c(OC)c(OC)cc3o2)cc1O. The van der Waals surface area contributed by atoms with E-state index in [0.717, 1.165) is 0 Å². The van der Waals surface area contributed by atoms with E-state index in [4.69, 9.17) is 27.5 Å². The van der Waals surface area contributed by atoms with Crippen LogP contribution in [0.5, 0.6) is 28.7 Å². The molecule has 0 saturated carbocycles. The number of phenols is 1. The van der Waals surface area contributed by atoms with Crippen LogP contribution in [0.2, 0.25) is 0 Å². The van der Waals surface area contributed by atoms with Crippen LogP contribution in [0.25, 0.3) is 22.3 Å². The second-order valence-corrected chi connectivity index (χ2v) is 5.28. The van der Waals surface area contributed by atoms with E-state index in [-0.39, 0.29) is 34.0 Å². The molecule has 0 amide bonds. The zero-order chi connectivity index (χ0) is 21.3. The van der Waals surface area contributed by atoms with Gasteiger partial charge in [0.25, 0.3) is 0 Å². The van der Waals surface area contributed by atoms with E-state index in [1.165, 1.54) is 51.7 Å². The van der Waals surface area contributed by atoms with Crippen LogP contribution in [-0.4, -0.2) is 33.5 Å². The van der Waals surface area contributed by atoms with Crippen molar-refractivity contribution in [1.29, 1.82) is 0 Å². The molecule has 26 heavy (non-hydrogen) atoms. The number of ether oxygens (including phenoxy) is 4. The summed E-state index contributed by atoms with van der Waals surface area (Å²) in [5, 5.41) is 10.2. The van der Waals surface area contributed by atoms with Gasteiger partial charge in [0, 0.05) is 17.7 Å². The number of aromatic hydroxyl groups is 1. The van der Waals surface area contributed by atoms with Crippen molar-refractivity contribution >= 4 is 11.0 Å². The molecule has 136 valence electrons. The molecule has 0 aliphatic carbocycles. The van der Waals surface area contributed by atoms with Crippen molar-refractivity contribution in [3.63, 3.8) is 0 Å². The highest BCUT2D eigenvalue weighted by Gasteiger charge is 2.21. The highest BCUT2D eigenvalue weighted by atomic mass is 16.5. The van der Waals surface area contributed by atoms with Gasteiger partial charge in [-0.05, 0) is 18.2 Å². The molecule has 7 nitrogen and oxygen atoms in total. The molecule has 1 aromatic heterocycles. The van der Waals surface area contributed by atoms with Crippen LogP contribution in [0, 0.1) is 0 Å². The Bertz CT molecular complexity index is 1120. The summed E-state index contributed by atoms with van der Waals surface area (Å²) in [4.78, 5) is 12.8. The number of rotatable bonds is 5. The van der Waals surface area contributed by atoms with Crippen LogP contribution in [-0.2, 0) is 0 Å². The Morgan fingerprint density at radius 3 is 2.35 bits per heavy atom. The molecule has 1 heterocycles. The van der Waals surface area contributed by atoms with Crippen molar-refractivity contribution in [2.75, 3.05) is 28.4 Å². The molecule has 3 aromatic rings. The lowest BCUT2D eigenvalue weighted by Gasteiger charge is -2.14. The maximum atomic E-state index is 12.8. The Balaban J connectivity index is 2.17. The van der Waals surface area contributed by atoms with Crippen molar-refractivity contribution in [2.24, 2.45) is 0 Å². The maximum Gasteiger partial charge on any atom is 0.204 e. The third kappa shape index (κ3) is 2.77. The molecule has 7 heteroatoms. The molecule has 0 fully saturated rings. The lowest BCUT2D eigenvalue weighted by Crippen LogP contribution is -2.05. The molecule has 1 N–H and O–H groups in total. The lowest BCUT2D eigenvalue weighted by molar-refractivity contribution is 0.326. The Hall–Kier alpha value is -3.35. The molecular formula is C19H18O7. The lowest BCUT2D eigenvalue weighted by atomic mass is 10.1. The quantitative estimate of drug-likeness (QED) is 0.746. The first-order valence-corrected chi connectivity index (χ1v) is 7.47. The number of hydrogen-bond acceptors (Lipinski definition) is 7. The number of benzene rings is 2. The minimum absolute atomic E-state index is 0.146. The van der Waals surface area contributed by atoms with Crippen molar-refractivity contribution < 1.29 is 32.6 Å². The van der Waals surface area contributed by atoms with Crippen LogP contribution in [0.3, 0.4) is 0 Å².